The monoisotopic (exact) mass is 291 g/mol. The quantitative estimate of drug-likeness (QED) is 0.805. The van der Waals surface area contributed by atoms with Gasteiger partial charge in [-0.3, -0.25) is 4.79 Å². The largest absolute Gasteiger partial charge is 0.345 e. The molecule has 0 aliphatic heterocycles. The highest BCUT2D eigenvalue weighted by molar-refractivity contribution is 7.20. The number of amides is 1. The number of benzene rings is 1. The van der Waals surface area contributed by atoms with Crippen LogP contribution in [0.5, 0.6) is 0 Å². The van der Waals surface area contributed by atoms with E-state index in [-0.39, 0.29) is 18.3 Å². The molecule has 0 spiro atoms. The molecule has 0 bridgehead atoms. The number of carbonyl (C=O) groups is 1. The maximum Gasteiger partial charge on any atom is 0.261 e. The molecule has 0 radical (unpaired) electrons. The number of fused-ring (bicyclic) bond motifs is 1. The highest BCUT2D eigenvalue weighted by Gasteiger charge is 2.13. The summed E-state index contributed by atoms with van der Waals surface area (Å²) in [5, 5.41) is 10.5. The van der Waals surface area contributed by atoms with Crippen LogP contribution < -0.4 is 5.32 Å². The second kappa shape index (κ2) is 5.01. The summed E-state index contributed by atoms with van der Waals surface area (Å²) in [6.07, 6.45) is 0. The van der Waals surface area contributed by atoms with Crippen LogP contribution in [0.25, 0.3) is 10.1 Å². The van der Waals surface area contributed by atoms with Crippen molar-refractivity contribution < 1.29 is 13.8 Å². The molecular weight excluding hydrogens is 281 g/mol. The lowest BCUT2D eigenvalue weighted by atomic mass is 10.2. The van der Waals surface area contributed by atoms with E-state index in [4.69, 9.17) is 0 Å². The van der Waals surface area contributed by atoms with E-state index in [2.05, 4.69) is 20.3 Å². The van der Waals surface area contributed by atoms with Crippen molar-refractivity contribution >= 4 is 27.3 Å². The average Bonchev–Trinajstić information content (AvgIpc) is 3.03. The zero-order valence-electron chi connectivity index (χ0n) is 10.5. The molecule has 20 heavy (non-hydrogen) atoms. The van der Waals surface area contributed by atoms with Crippen molar-refractivity contribution in [3.05, 3.63) is 46.3 Å². The van der Waals surface area contributed by atoms with Gasteiger partial charge >= 0.3 is 0 Å². The molecule has 0 saturated heterocycles. The van der Waals surface area contributed by atoms with Crippen molar-refractivity contribution in [2.75, 3.05) is 0 Å². The topological polar surface area (TPSA) is 68.0 Å². The molecule has 0 aliphatic rings. The average molecular weight is 291 g/mol. The van der Waals surface area contributed by atoms with Gasteiger partial charge in [0.1, 0.15) is 17.2 Å². The number of hydrogen-bond acceptors (Lipinski definition) is 5. The van der Waals surface area contributed by atoms with Gasteiger partial charge in [-0.25, -0.2) is 9.02 Å². The number of aryl methyl sites for hydroxylation is 1. The number of carbonyl (C=O) groups excluding carboxylic acids is 1. The second-order valence-corrected chi connectivity index (χ2v) is 5.33. The van der Waals surface area contributed by atoms with Gasteiger partial charge in [-0.15, -0.1) is 11.3 Å². The van der Waals surface area contributed by atoms with E-state index in [1.807, 2.05) is 0 Å². The third-order valence-electron chi connectivity index (χ3n) is 2.89. The molecule has 5 nitrogen and oxygen atoms in total. The van der Waals surface area contributed by atoms with Gasteiger partial charge in [0, 0.05) is 10.1 Å². The summed E-state index contributed by atoms with van der Waals surface area (Å²) < 4.78 is 18.9. The summed E-state index contributed by atoms with van der Waals surface area (Å²) in [6.45, 7) is 1.97. The van der Waals surface area contributed by atoms with Crippen LogP contribution >= 0.6 is 11.3 Å². The fourth-order valence-electron chi connectivity index (χ4n) is 1.80. The molecule has 0 saturated carbocycles. The Labute approximate surface area is 117 Å². The van der Waals surface area contributed by atoms with Gasteiger partial charge in [0.05, 0.1) is 11.4 Å². The molecule has 3 aromatic rings. The van der Waals surface area contributed by atoms with E-state index in [1.165, 1.54) is 17.4 Å². The summed E-state index contributed by atoms with van der Waals surface area (Å²) in [6, 6.07) is 6.34. The number of aromatic nitrogens is 2. The minimum absolute atomic E-state index is 0.227. The Morgan fingerprint density at radius 1 is 1.45 bits per heavy atom. The molecule has 3 rings (SSSR count). The van der Waals surface area contributed by atoms with Crippen LogP contribution in [0.3, 0.4) is 0 Å². The Balaban J connectivity index is 1.79. The van der Waals surface area contributed by atoms with Gasteiger partial charge in [0.2, 0.25) is 0 Å². The Kier molecular flexibility index (Phi) is 3.19. The first-order chi connectivity index (χ1) is 9.65. The summed E-state index contributed by atoms with van der Waals surface area (Å²) in [4.78, 5) is 12.5. The molecule has 0 aliphatic carbocycles. The third-order valence-corrected chi connectivity index (χ3v) is 3.99. The molecule has 1 N–H and O–H groups in total. The van der Waals surface area contributed by atoms with Crippen LogP contribution in [0.4, 0.5) is 4.39 Å². The number of nitrogens with zero attached hydrogens (tertiary/aromatic N) is 2. The van der Waals surface area contributed by atoms with Crippen molar-refractivity contribution in [3.8, 4) is 0 Å². The molecular formula is C13H10FN3O2S. The minimum Gasteiger partial charge on any atom is -0.345 e. The Bertz CT molecular complexity index is 781. The first-order valence-electron chi connectivity index (χ1n) is 5.89. The van der Waals surface area contributed by atoms with Gasteiger partial charge in [-0.1, -0.05) is 16.4 Å². The van der Waals surface area contributed by atoms with Gasteiger partial charge in [-0.2, -0.15) is 0 Å². The van der Waals surface area contributed by atoms with Crippen LogP contribution in [0.1, 0.15) is 21.1 Å². The highest BCUT2D eigenvalue weighted by atomic mass is 32.1. The van der Waals surface area contributed by atoms with E-state index in [1.54, 1.807) is 25.1 Å². The van der Waals surface area contributed by atoms with Crippen molar-refractivity contribution in [1.82, 2.24) is 15.6 Å². The maximum absolute atomic E-state index is 13.6. The molecule has 0 unspecified atom stereocenters. The number of nitrogens with one attached hydrogen (secondary N) is 1. The zero-order chi connectivity index (χ0) is 14.1. The second-order valence-electron chi connectivity index (χ2n) is 4.24. The predicted octanol–water partition coefficient (Wildman–Crippen LogP) is 2.66. The minimum atomic E-state index is -0.325. The Morgan fingerprint density at radius 3 is 3.00 bits per heavy atom. The van der Waals surface area contributed by atoms with Crippen molar-refractivity contribution in [2.24, 2.45) is 0 Å². The Morgan fingerprint density at radius 2 is 2.30 bits per heavy atom. The lowest BCUT2D eigenvalue weighted by Crippen LogP contribution is -2.22. The zero-order valence-corrected chi connectivity index (χ0v) is 11.3. The van der Waals surface area contributed by atoms with Crippen LogP contribution in [0.2, 0.25) is 0 Å². The number of halogens is 1. The van der Waals surface area contributed by atoms with Gasteiger partial charge in [-0.05, 0) is 25.1 Å². The summed E-state index contributed by atoms with van der Waals surface area (Å²) >= 11 is 1.25. The van der Waals surface area contributed by atoms with Crippen LogP contribution in [-0.2, 0) is 6.54 Å². The van der Waals surface area contributed by atoms with Crippen molar-refractivity contribution in [3.63, 3.8) is 0 Å². The fourth-order valence-corrected chi connectivity index (χ4v) is 2.79. The summed E-state index contributed by atoms with van der Waals surface area (Å²) in [5.74, 6) is -0.595. The Hall–Kier alpha value is -2.28. The standard InChI is InChI=1S/C13H10FN3O2S/c1-7-10(17-19-16-7)6-15-13(18)12-5-8-9(14)3-2-4-11(8)20-12/h2-5H,6H2,1H3,(H,15,18). The molecule has 2 heterocycles. The molecule has 102 valence electrons. The SMILES string of the molecule is Cc1nonc1CNC(=O)c1cc2c(F)cccc2s1. The van der Waals surface area contributed by atoms with E-state index >= 15 is 0 Å². The van der Waals surface area contributed by atoms with Gasteiger partial charge in [0.15, 0.2) is 0 Å². The van der Waals surface area contributed by atoms with Crippen molar-refractivity contribution in [1.29, 1.82) is 0 Å². The normalized spacial score (nSPS) is 10.9. The van der Waals surface area contributed by atoms with Crippen LogP contribution in [0, 0.1) is 12.7 Å². The van der Waals surface area contributed by atoms with E-state index in [0.29, 0.717) is 21.7 Å². The lowest BCUT2D eigenvalue weighted by Gasteiger charge is -1.99. The van der Waals surface area contributed by atoms with Gasteiger partial charge < -0.3 is 5.32 Å². The van der Waals surface area contributed by atoms with Gasteiger partial charge in [0.25, 0.3) is 5.91 Å². The molecule has 1 aromatic carbocycles. The molecule has 7 heteroatoms. The van der Waals surface area contributed by atoms with E-state index in [9.17, 15) is 9.18 Å². The van der Waals surface area contributed by atoms with E-state index < -0.39 is 0 Å². The fraction of sp³-hybridized carbons (Fsp3) is 0.154. The number of rotatable bonds is 3. The summed E-state index contributed by atoms with van der Waals surface area (Å²) in [7, 11) is 0. The predicted molar refractivity (Wildman–Crippen MR) is 72.0 cm³/mol. The van der Waals surface area contributed by atoms with E-state index in [0.717, 1.165) is 4.70 Å². The number of hydrogen-bond donors (Lipinski definition) is 1. The number of thiophene rings is 1. The first-order valence-corrected chi connectivity index (χ1v) is 6.71. The van der Waals surface area contributed by atoms with Crippen molar-refractivity contribution in [2.45, 2.75) is 13.5 Å². The molecule has 1 amide bonds. The molecule has 2 aromatic heterocycles. The highest BCUT2D eigenvalue weighted by Crippen LogP contribution is 2.27. The molecule has 0 atom stereocenters. The van der Waals surface area contributed by atoms with Crippen LogP contribution in [-0.4, -0.2) is 16.2 Å². The first kappa shape index (κ1) is 12.7. The smallest absolute Gasteiger partial charge is 0.261 e. The third kappa shape index (κ3) is 2.27. The molecule has 0 fully saturated rings. The summed E-state index contributed by atoms with van der Waals surface area (Å²) in [5.41, 5.74) is 1.21. The lowest BCUT2D eigenvalue weighted by molar-refractivity contribution is 0.0954. The van der Waals surface area contributed by atoms with Crippen LogP contribution in [0.15, 0.2) is 28.9 Å². The maximum atomic E-state index is 13.6.